The van der Waals surface area contributed by atoms with E-state index in [-0.39, 0.29) is 23.5 Å². The SMILES string of the molecule is COc1ccc(C(=O)NCC(O)CO)cc1[N+](=O)[O-]. The van der Waals surface area contributed by atoms with Crippen molar-refractivity contribution in [2.24, 2.45) is 0 Å². The molecule has 1 rings (SSSR count). The van der Waals surface area contributed by atoms with E-state index in [1.807, 2.05) is 0 Å². The summed E-state index contributed by atoms with van der Waals surface area (Å²) in [4.78, 5) is 21.8. The Labute approximate surface area is 108 Å². The number of nitro groups is 1. The lowest BCUT2D eigenvalue weighted by atomic mass is 10.1. The Hall–Kier alpha value is -2.19. The highest BCUT2D eigenvalue weighted by molar-refractivity contribution is 5.95. The Morgan fingerprint density at radius 2 is 2.26 bits per heavy atom. The molecule has 0 heterocycles. The molecule has 0 aliphatic carbocycles. The molecule has 0 aliphatic heterocycles. The van der Waals surface area contributed by atoms with Gasteiger partial charge >= 0.3 is 5.69 Å². The van der Waals surface area contributed by atoms with Crippen molar-refractivity contribution in [3.05, 3.63) is 33.9 Å². The average Bonchev–Trinajstić information content (AvgIpc) is 2.43. The number of amides is 1. The Bertz CT molecular complexity index is 476. The molecule has 19 heavy (non-hydrogen) atoms. The second-order valence-electron chi connectivity index (χ2n) is 3.69. The summed E-state index contributed by atoms with van der Waals surface area (Å²) >= 11 is 0. The Morgan fingerprint density at radius 1 is 1.58 bits per heavy atom. The van der Waals surface area contributed by atoms with Crippen LogP contribution in [0.4, 0.5) is 5.69 Å². The fraction of sp³-hybridized carbons (Fsp3) is 0.364. The zero-order valence-electron chi connectivity index (χ0n) is 10.2. The zero-order valence-corrected chi connectivity index (χ0v) is 10.2. The Balaban J connectivity index is 2.86. The largest absolute Gasteiger partial charge is 0.490 e. The van der Waals surface area contributed by atoms with Gasteiger partial charge in [0.25, 0.3) is 5.91 Å². The number of carbonyl (C=O) groups excluding carboxylic acids is 1. The van der Waals surface area contributed by atoms with Gasteiger partial charge in [-0.15, -0.1) is 0 Å². The maximum Gasteiger partial charge on any atom is 0.311 e. The summed E-state index contributed by atoms with van der Waals surface area (Å²) < 4.78 is 4.81. The molecule has 1 aromatic rings. The van der Waals surface area contributed by atoms with Gasteiger partial charge in [-0.3, -0.25) is 14.9 Å². The number of aliphatic hydroxyl groups is 2. The number of carbonyl (C=O) groups is 1. The molecule has 0 spiro atoms. The third kappa shape index (κ3) is 3.90. The molecule has 0 saturated carbocycles. The number of rotatable bonds is 6. The Kier molecular flexibility index (Phi) is 5.22. The number of hydrogen-bond donors (Lipinski definition) is 3. The van der Waals surface area contributed by atoms with E-state index in [1.54, 1.807) is 0 Å². The van der Waals surface area contributed by atoms with Crippen LogP contribution in [0.1, 0.15) is 10.4 Å². The average molecular weight is 270 g/mol. The van der Waals surface area contributed by atoms with E-state index in [1.165, 1.54) is 19.2 Å². The van der Waals surface area contributed by atoms with E-state index < -0.39 is 23.5 Å². The van der Waals surface area contributed by atoms with Crippen LogP contribution < -0.4 is 10.1 Å². The van der Waals surface area contributed by atoms with E-state index in [9.17, 15) is 14.9 Å². The maximum absolute atomic E-state index is 11.7. The van der Waals surface area contributed by atoms with Gasteiger partial charge in [0.05, 0.1) is 24.7 Å². The van der Waals surface area contributed by atoms with E-state index in [2.05, 4.69) is 5.32 Å². The van der Waals surface area contributed by atoms with Crippen molar-refractivity contribution < 1.29 is 24.7 Å². The van der Waals surface area contributed by atoms with Crippen LogP contribution >= 0.6 is 0 Å². The second-order valence-corrected chi connectivity index (χ2v) is 3.69. The highest BCUT2D eigenvalue weighted by atomic mass is 16.6. The molecule has 0 aromatic heterocycles. The predicted molar refractivity (Wildman–Crippen MR) is 65.1 cm³/mol. The van der Waals surface area contributed by atoms with Gasteiger partial charge in [0, 0.05) is 18.2 Å². The van der Waals surface area contributed by atoms with Crippen LogP contribution in [0.15, 0.2) is 18.2 Å². The monoisotopic (exact) mass is 270 g/mol. The quantitative estimate of drug-likeness (QED) is 0.481. The van der Waals surface area contributed by atoms with Crippen LogP contribution in [-0.4, -0.2) is 47.4 Å². The number of nitro benzene ring substituents is 1. The van der Waals surface area contributed by atoms with Crippen LogP contribution in [-0.2, 0) is 0 Å². The van der Waals surface area contributed by atoms with Crippen molar-refractivity contribution in [1.29, 1.82) is 0 Å². The molecule has 0 fully saturated rings. The molecule has 3 N–H and O–H groups in total. The second kappa shape index (κ2) is 6.66. The first kappa shape index (κ1) is 14.9. The smallest absolute Gasteiger partial charge is 0.311 e. The molecule has 8 nitrogen and oxygen atoms in total. The van der Waals surface area contributed by atoms with Gasteiger partial charge in [-0.25, -0.2) is 0 Å². The molecule has 1 unspecified atom stereocenters. The lowest BCUT2D eigenvalue weighted by Crippen LogP contribution is -2.33. The minimum atomic E-state index is -1.07. The summed E-state index contributed by atoms with van der Waals surface area (Å²) in [5.74, 6) is -0.532. The summed E-state index contributed by atoms with van der Waals surface area (Å²) in [6.07, 6.45) is -1.07. The molecule has 0 bridgehead atoms. The standard InChI is InChI=1S/C11H14N2O6/c1-19-10-3-2-7(4-9(10)13(17)18)11(16)12-5-8(15)6-14/h2-4,8,14-15H,5-6H2,1H3,(H,12,16). The molecule has 1 atom stereocenters. The molecular formula is C11H14N2O6. The lowest BCUT2D eigenvalue weighted by Gasteiger charge is -2.09. The fourth-order valence-corrected chi connectivity index (χ4v) is 1.35. The fourth-order valence-electron chi connectivity index (χ4n) is 1.35. The zero-order chi connectivity index (χ0) is 14.4. The molecular weight excluding hydrogens is 256 g/mol. The van der Waals surface area contributed by atoms with Crippen molar-refractivity contribution in [1.82, 2.24) is 5.32 Å². The van der Waals surface area contributed by atoms with Gasteiger partial charge in [-0.1, -0.05) is 0 Å². The van der Waals surface area contributed by atoms with E-state index in [0.29, 0.717) is 0 Å². The highest BCUT2D eigenvalue weighted by Gasteiger charge is 2.18. The van der Waals surface area contributed by atoms with Gasteiger partial charge in [0.1, 0.15) is 0 Å². The minimum absolute atomic E-state index is 0.0527. The first-order valence-electron chi connectivity index (χ1n) is 5.39. The minimum Gasteiger partial charge on any atom is -0.490 e. The molecule has 0 radical (unpaired) electrons. The third-order valence-electron chi connectivity index (χ3n) is 2.35. The first-order valence-corrected chi connectivity index (χ1v) is 5.39. The van der Waals surface area contributed by atoms with Gasteiger partial charge in [0.2, 0.25) is 0 Å². The van der Waals surface area contributed by atoms with Crippen molar-refractivity contribution >= 4 is 11.6 Å². The number of nitrogens with one attached hydrogen (secondary N) is 1. The normalized spacial score (nSPS) is 11.7. The number of benzene rings is 1. The summed E-state index contributed by atoms with van der Waals surface area (Å²) in [7, 11) is 1.29. The molecule has 1 amide bonds. The van der Waals surface area contributed by atoms with Crippen LogP contribution in [0.2, 0.25) is 0 Å². The lowest BCUT2D eigenvalue weighted by molar-refractivity contribution is -0.385. The predicted octanol–water partition coefficient (Wildman–Crippen LogP) is -0.314. The van der Waals surface area contributed by atoms with Crippen molar-refractivity contribution in [2.75, 3.05) is 20.3 Å². The van der Waals surface area contributed by atoms with Gasteiger partial charge in [0.15, 0.2) is 5.75 Å². The van der Waals surface area contributed by atoms with Gasteiger partial charge in [-0.2, -0.15) is 0 Å². The van der Waals surface area contributed by atoms with E-state index >= 15 is 0 Å². The van der Waals surface area contributed by atoms with Crippen LogP contribution in [0.5, 0.6) is 5.75 Å². The number of methoxy groups -OCH3 is 1. The highest BCUT2D eigenvalue weighted by Crippen LogP contribution is 2.27. The Morgan fingerprint density at radius 3 is 2.79 bits per heavy atom. The number of hydrogen-bond acceptors (Lipinski definition) is 6. The maximum atomic E-state index is 11.7. The van der Waals surface area contributed by atoms with Crippen molar-refractivity contribution in [2.45, 2.75) is 6.10 Å². The molecule has 8 heteroatoms. The van der Waals surface area contributed by atoms with Crippen LogP contribution in [0.3, 0.4) is 0 Å². The van der Waals surface area contributed by atoms with E-state index in [4.69, 9.17) is 14.9 Å². The van der Waals surface area contributed by atoms with Crippen molar-refractivity contribution in [3.63, 3.8) is 0 Å². The van der Waals surface area contributed by atoms with E-state index in [0.717, 1.165) is 6.07 Å². The molecule has 1 aromatic carbocycles. The molecule has 0 aliphatic rings. The first-order chi connectivity index (χ1) is 8.99. The number of ether oxygens (including phenoxy) is 1. The van der Waals surface area contributed by atoms with Gasteiger partial charge in [-0.05, 0) is 12.1 Å². The topological polar surface area (TPSA) is 122 Å². The van der Waals surface area contributed by atoms with Gasteiger partial charge < -0.3 is 20.3 Å². The summed E-state index contributed by atoms with van der Waals surface area (Å²) in [5, 5.41) is 30.8. The third-order valence-corrected chi connectivity index (χ3v) is 2.35. The molecule has 104 valence electrons. The van der Waals surface area contributed by atoms with Crippen LogP contribution in [0.25, 0.3) is 0 Å². The summed E-state index contributed by atoms with van der Waals surface area (Å²) in [5.41, 5.74) is -0.254. The summed E-state index contributed by atoms with van der Waals surface area (Å²) in [6.45, 7) is -0.627. The molecule has 0 saturated heterocycles. The summed E-state index contributed by atoms with van der Waals surface area (Å²) in [6, 6.07) is 3.77. The van der Waals surface area contributed by atoms with Crippen molar-refractivity contribution in [3.8, 4) is 5.75 Å². The van der Waals surface area contributed by atoms with Crippen LogP contribution in [0, 0.1) is 10.1 Å². The number of nitrogens with zero attached hydrogens (tertiary/aromatic N) is 1. The number of aliphatic hydroxyl groups excluding tert-OH is 2.